The summed E-state index contributed by atoms with van der Waals surface area (Å²) in [4.78, 5) is 8.52. The van der Waals surface area contributed by atoms with E-state index in [1.807, 2.05) is 25.3 Å². The summed E-state index contributed by atoms with van der Waals surface area (Å²) in [5.41, 5.74) is 2.46. The number of pyridine rings is 1. The standard InChI is InChI=1S/C12H12N4S/c1-8-5-9(2)16-12(10(8)6-13)15-7-11-14-3-4-17-11/h3-5H,7H2,1-2H3,(H,15,16). The largest absolute Gasteiger partial charge is 0.362 e. The normalized spacial score (nSPS) is 9.94. The number of thiazole rings is 1. The summed E-state index contributed by atoms with van der Waals surface area (Å²) < 4.78 is 0. The number of nitrogens with one attached hydrogen (secondary N) is 1. The Morgan fingerprint density at radius 1 is 1.47 bits per heavy atom. The molecule has 0 bridgehead atoms. The maximum absolute atomic E-state index is 9.10. The van der Waals surface area contributed by atoms with Crippen molar-refractivity contribution in [2.45, 2.75) is 20.4 Å². The molecular formula is C12H12N4S. The fourth-order valence-corrected chi connectivity index (χ4v) is 2.16. The summed E-state index contributed by atoms with van der Waals surface area (Å²) in [6.07, 6.45) is 1.77. The van der Waals surface area contributed by atoms with Crippen LogP contribution in [0.2, 0.25) is 0 Å². The number of nitrogens with zero attached hydrogens (tertiary/aromatic N) is 3. The van der Waals surface area contributed by atoms with Gasteiger partial charge in [-0.05, 0) is 25.5 Å². The van der Waals surface area contributed by atoms with Crippen LogP contribution in [0.25, 0.3) is 0 Å². The van der Waals surface area contributed by atoms with Gasteiger partial charge < -0.3 is 5.32 Å². The molecule has 2 aromatic rings. The zero-order valence-electron chi connectivity index (χ0n) is 9.69. The van der Waals surface area contributed by atoms with Gasteiger partial charge in [0.25, 0.3) is 0 Å². The lowest BCUT2D eigenvalue weighted by Crippen LogP contribution is -2.05. The van der Waals surface area contributed by atoms with E-state index < -0.39 is 0 Å². The van der Waals surface area contributed by atoms with Crippen LogP contribution in [0.1, 0.15) is 21.8 Å². The molecule has 0 aromatic carbocycles. The lowest BCUT2D eigenvalue weighted by Gasteiger charge is -2.08. The van der Waals surface area contributed by atoms with E-state index in [0.29, 0.717) is 17.9 Å². The van der Waals surface area contributed by atoms with Crippen molar-refractivity contribution in [2.24, 2.45) is 0 Å². The molecule has 0 atom stereocenters. The Balaban J connectivity index is 2.23. The molecule has 0 aliphatic rings. The second kappa shape index (κ2) is 4.93. The molecule has 4 nitrogen and oxygen atoms in total. The van der Waals surface area contributed by atoms with E-state index in [-0.39, 0.29) is 0 Å². The second-order valence-electron chi connectivity index (χ2n) is 3.70. The summed E-state index contributed by atoms with van der Waals surface area (Å²) in [7, 11) is 0. The van der Waals surface area contributed by atoms with Crippen molar-refractivity contribution >= 4 is 17.2 Å². The topological polar surface area (TPSA) is 61.6 Å². The molecular weight excluding hydrogens is 232 g/mol. The molecule has 0 fully saturated rings. The minimum absolute atomic E-state index is 0.599. The zero-order valence-corrected chi connectivity index (χ0v) is 10.5. The molecule has 2 heterocycles. The molecule has 2 aromatic heterocycles. The summed E-state index contributed by atoms with van der Waals surface area (Å²) in [6.45, 7) is 4.44. The van der Waals surface area contributed by atoms with Crippen LogP contribution in [0.15, 0.2) is 17.6 Å². The molecule has 86 valence electrons. The molecule has 0 amide bonds. The highest BCUT2D eigenvalue weighted by Gasteiger charge is 2.08. The van der Waals surface area contributed by atoms with Crippen molar-refractivity contribution < 1.29 is 0 Å². The Morgan fingerprint density at radius 3 is 2.94 bits per heavy atom. The van der Waals surface area contributed by atoms with Crippen molar-refractivity contribution in [3.63, 3.8) is 0 Å². The molecule has 0 unspecified atom stereocenters. The molecule has 0 saturated carbocycles. The molecule has 0 aliphatic heterocycles. The van der Waals surface area contributed by atoms with E-state index in [2.05, 4.69) is 21.4 Å². The predicted molar refractivity (Wildman–Crippen MR) is 67.9 cm³/mol. The summed E-state index contributed by atoms with van der Waals surface area (Å²) >= 11 is 1.58. The van der Waals surface area contributed by atoms with E-state index in [1.54, 1.807) is 17.5 Å². The lowest BCUT2D eigenvalue weighted by molar-refractivity contribution is 1.05. The highest BCUT2D eigenvalue weighted by Crippen LogP contribution is 2.18. The van der Waals surface area contributed by atoms with Crippen LogP contribution < -0.4 is 5.32 Å². The van der Waals surface area contributed by atoms with Crippen LogP contribution >= 0.6 is 11.3 Å². The monoisotopic (exact) mass is 244 g/mol. The van der Waals surface area contributed by atoms with Crippen molar-refractivity contribution in [1.29, 1.82) is 5.26 Å². The highest BCUT2D eigenvalue weighted by atomic mass is 32.1. The number of aromatic nitrogens is 2. The Bertz CT molecular complexity index is 555. The van der Waals surface area contributed by atoms with Crippen LogP contribution in [-0.4, -0.2) is 9.97 Å². The van der Waals surface area contributed by atoms with Gasteiger partial charge in [0.1, 0.15) is 16.9 Å². The molecule has 0 aliphatic carbocycles. The highest BCUT2D eigenvalue weighted by molar-refractivity contribution is 7.09. The van der Waals surface area contributed by atoms with E-state index in [4.69, 9.17) is 5.26 Å². The van der Waals surface area contributed by atoms with Gasteiger partial charge in [0.2, 0.25) is 0 Å². The first kappa shape index (κ1) is 11.6. The predicted octanol–water partition coefficient (Wildman–Crippen LogP) is 2.64. The quantitative estimate of drug-likeness (QED) is 0.901. The van der Waals surface area contributed by atoms with Crippen molar-refractivity contribution in [3.8, 4) is 6.07 Å². The number of anilines is 1. The van der Waals surface area contributed by atoms with Crippen LogP contribution in [0.4, 0.5) is 5.82 Å². The van der Waals surface area contributed by atoms with Crippen LogP contribution in [0.3, 0.4) is 0 Å². The Morgan fingerprint density at radius 2 is 2.29 bits per heavy atom. The van der Waals surface area contributed by atoms with E-state index in [9.17, 15) is 0 Å². The number of aryl methyl sites for hydroxylation is 2. The van der Waals surface area contributed by atoms with Gasteiger partial charge in [-0.3, -0.25) is 0 Å². The van der Waals surface area contributed by atoms with Crippen LogP contribution in [-0.2, 0) is 6.54 Å². The minimum atomic E-state index is 0.599. The van der Waals surface area contributed by atoms with E-state index in [1.165, 1.54) is 0 Å². The van der Waals surface area contributed by atoms with Crippen LogP contribution in [0, 0.1) is 25.2 Å². The van der Waals surface area contributed by atoms with Gasteiger partial charge in [-0.2, -0.15) is 5.26 Å². The van der Waals surface area contributed by atoms with Crippen molar-refractivity contribution in [1.82, 2.24) is 9.97 Å². The third kappa shape index (κ3) is 2.60. The summed E-state index contributed by atoms with van der Waals surface area (Å²) in [6, 6.07) is 4.09. The smallest absolute Gasteiger partial charge is 0.144 e. The van der Waals surface area contributed by atoms with E-state index in [0.717, 1.165) is 16.3 Å². The Kier molecular flexibility index (Phi) is 3.35. The fraction of sp³-hybridized carbons (Fsp3) is 0.250. The van der Waals surface area contributed by atoms with Gasteiger partial charge in [0.15, 0.2) is 0 Å². The maximum Gasteiger partial charge on any atom is 0.144 e. The first-order valence-corrected chi connectivity index (χ1v) is 6.09. The van der Waals surface area contributed by atoms with Gasteiger partial charge in [0.05, 0.1) is 12.1 Å². The molecule has 2 rings (SSSR count). The van der Waals surface area contributed by atoms with Gasteiger partial charge in [-0.25, -0.2) is 9.97 Å². The zero-order chi connectivity index (χ0) is 12.3. The molecule has 0 spiro atoms. The fourth-order valence-electron chi connectivity index (χ4n) is 1.61. The number of hydrogen-bond acceptors (Lipinski definition) is 5. The minimum Gasteiger partial charge on any atom is -0.362 e. The van der Waals surface area contributed by atoms with Gasteiger partial charge in [-0.15, -0.1) is 11.3 Å². The SMILES string of the molecule is Cc1cc(C)c(C#N)c(NCc2nccs2)n1. The Hall–Kier alpha value is -1.93. The first-order valence-electron chi connectivity index (χ1n) is 5.21. The van der Waals surface area contributed by atoms with Gasteiger partial charge >= 0.3 is 0 Å². The van der Waals surface area contributed by atoms with E-state index >= 15 is 0 Å². The van der Waals surface area contributed by atoms with Gasteiger partial charge in [-0.1, -0.05) is 0 Å². The Labute approximate surface area is 104 Å². The summed E-state index contributed by atoms with van der Waals surface area (Å²) in [5.74, 6) is 0.639. The average Bonchev–Trinajstić information content (AvgIpc) is 2.78. The maximum atomic E-state index is 9.10. The first-order chi connectivity index (χ1) is 8.20. The lowest BCUT2D eigenvalue weighted by atomic mass is 10.1. The number of rotatable bonds is 3. The third-order valence-corrected chi connectivity index (χ3v) is 3.13. The molecule has 0 radical (unpaired) electrons. The van der Waals surface area contributed by atoms with Crippen LogP contribution in [0.5, 0.6) is 0 Å². The van der Waals surface area contributed by atoms with Gasteiger partial charge in [0, 0.05) is 17.3 Å². The molecule has 5 heteroatoms. The molecule has 0 saturated heterocycles. The van der Waals surface area contributed by atoms with Crippen molar-refractivity contribution in [3.05, 3.63) is 39.5 Å². The number of nitriles is 1. The average molecular weight is 244 g/mol. The summed E-state index contributed by atoms with van der Waals surface area (Å²) in [5, 5.41) is 15.2. The molecule has 17 heavy (non-hydrogen) atoms. The molecule has 1 N–H and O–H groups in total. The number of hydrogen-bond donors (Lipinski definition) is 1. The second-order valence-corrected chi connectivity index (χ2v) is 4.67. The van der Waals surface area contributed by atoms with Crippen molar-refractivity contribution in [2.75, 3.05) is 5.32 Å². The third-order valence-electron chi connectivity index (χ3n) is 2.35.